The zero-order valence-corrected chi connectivity index (χ0v) is 13.5. The van der Waals surface area contributed by atoms with Crippen LogP contribution in [0.15, 0.2) is 39.7 Å². The summed E-state index contributed by atoms with van der Waals surface area (Å²) < 4.78 is 23.6. The highest BCUT2D eigenvalue weighted by molar-refractivity contribution is 7.89. The Morgan fingerprint density at radius 3 is 2.67 bits per heavy atom. The monoisotopic (exact) mass is 323 g/mol. The number of thiophene rings is 1. The van der Waals surface area contributed by atoms with Crippen LogP contribution in [-0.4, -0.2) is 8.42 Å². The molecule has 0 bridgehead atoms. The van der Waals surface area contributed by atoms with Gasteiger partial charge >= 0.3 is 0 Å². The van der Waals surface area contributed by atoms with Crippen LogP contribution in [0.4, 0.5) is 0 Å². The Morgan fingerprint density at radius 1 is 1.43 bits per heavy atom. The average Bonchev–Trinajstić information content (AvgIpc) is 2.93. The van der Waals surface area contributed by atoms with Gasteiger partial charge in [-0.2, -0.15) is 5.11 Å². The van der Waals surface area contributed by atoms with Crippen molar-refractivity contribution in [3.8, 4) is 11.1 Å². The van der Waals surface area contributed by atoms with E-state index in [9.17, 15) is 8.42 Å². The number of nitrogens with two attached hydrogens (primary N) is 1. The van der Waals surface area contributed by atoms with Gasteiger partial charge in [0, 0.05) is 10.4 Å². The highest BCUT2D eigenvalue weighted by atomic mass is 32.2. The van der Waals surface area contributed by atoms with E-state index in [4.69, 9.17) is 10.7 Å². The van der Waals surface area contributed by atoms with Crippen molar-refractivity contribution in [3.05, 3.63) is 40.1 Å². The van der Waals surface area contributed by atoms with Gasteiger partial charge in [0.2, 0.25) is 10.0 Å². The summed E-state index contributed by atoms with van der Waals surface area (Å²) in [4.78, 5) is 1.25. The van der Waals surface area contributed by atoms with Gasteiger partial charge in [-0.3, -0.25) is 0 Å². The van der Waals surface area contributed by atoms with E-state index in [1.54, 1.807) is 24.3 Å². The molecule has 0 amide bonds. The fourth-order valence-electron chi connectivity index (χ4n) is 2.25. The zero-order valence-electron chi connectivity index (χ0n) is 11.8. The van der Waals surface area contributed by atoms with Crippen LogP contribution < -0.4 is 5.14 Å². The van der Waals surface area contributed by atoms with Crippen LogP contribution in [0.25, 0.3) is 11.1 Å². The number of benzene rings is 1. The summed E-state index contributed by atoms with van der Waals surface area (Å²) in [6, 6.07) is 6.43. The maximum absolute atomic E-state index is 11.8. The Bertz CT molecular complexity index is 766. The fraction of sp³-hybridized carbons (Fsp3) is 0.286. The first-order chi connectivity index (χ1) is 9.88. The first kappa shape index (κ1) is 15.8. The van der Waals surface area contributed by atoms with E-state index in [1.165, 1.54) is 10.9 Å². The predicted molar refractivity (Wildman–Crippen MR) is 84.1 cm³/mol. The van der Waals surface area contributed by atoms with Gasteiger partial charge in [0.15, 0.2) is 0 Å². The summed E-state index contributed by atoms with van der Waals surface area (Å²) >= 11 is 1.63. The Labute approximate surface area is 128 Å². The van der Waals surface area contributed by atoms with Gasteiger partial charge in [-0.1, -0.05) is 19.1 Å². The molecule has 21 heavy (non-hydrogen) atoms. The zero-order chi connectivity index (χ0) is 15.6. The van der Waals surface area contributed by atoms with Crippen LogP contribution in [0.3, 0.4) is 0 Å². The fourth-order valence-corrected chi connectivity index (χ4v) is 3.94. The topological polar surface area (TPSA) is 96.4 Å². The molecule has 2 aromatic rings. The summed E-state index contributed by atoms with van der Waals surface area (Å²) in [5.41, 5.74) is 9.42. The Morgan fingerprint density at radius 2 is 2.14 bits per heavy atom. The summed E-state index contributed by atoms with van der Waals surface area (Å²) in [7, 11) is -3.86. The molecule has 0 aliphatic rings. The maximum Gasteiger partial charge on any atom is 0.238 e. The van der Waals surface area contributed by atoms with Gasteiger partial charge in [0.1, 0.15) is 0 Å². The molecule has 0 saturated carbocycles. The van der Waals surface area contributed by atoms with Crippen LogP contribution in [0.2, 0.25) is 0 Å². The SMILES string of the molecule is CCc1cc(-c2cccc(S(N)(=O)=O)c2C(C)N=N)cs1. The first-order valence-corrected chi connectivity index (χ1v) is 8.91. The lowest BCUT2D eigenvalue weighted by Gasteiger charge is -2.15. The van der Waals surface area contributed by atoms with Crippen molar-refractivity contribution in [2.24, 2.45) is 10.3 Å². The van der Waals surface area contributed by atoms with Crippen molar-refractivity contribution in [1.82, 2.24) is 0 Å². The number of rotatable bonds is 5. The lowest BCUT2D eigenvalue weighted by atomic mass is 9.97. The largest absolute Gasteiger partial charge is 0.238 e. The number of aryl methyl sites for hydroxylation is 1. The molecule has 0 fully saturated rings. The van der Waals surface area contributed by atoms with E-state index in [0.29, 0.717) is 5.56 Å². The first-order valence-electron chi connectivity index (χ1n) is 6.48. The molecule has 1 unspecified atom stereocenters. The molecule has 0 radical (unpaired) electrons. The number of hydrogen-bond donors (Lipinski definition) is 2. The molecule has 7 heteroatoms. The van der Waals surface area contributed by atoms with Crippen molar-refractivity contribution in [3.63, 3.8) is 0 Å². The number of nitrogens with zero attached hydrogens (tertiary/aromatic N) is 1. The standard InChI is InChI=1S/C14H17N3O2S2/c1-3-11-7-10(8-20-11)12-5-4-6-13(21(16,18)19)14(12)9(2)17-15/h4-9,15H,3H2,1-2H3,(H2,16,18,19). The lowest BCUT2D eigenvalue weighted by Crippen LogP contribution is -2.15. The summed E-state index contributed by atoms with van der Waals surface area (Å²) in [5.74, 6) is 0. The summed E-state index contributed by atoms with van der Waals surface area (Å²) in [6.07, 6.45) is 0.924. The van der Waals surface area contributed by atoms with Crippen molar-refractivity contribution in [1.29, 1.82) is 5.53 Å². The number of hydrogen-bond acceptors (Lipinski definition) is 5. The van der Waals surface area contributed by atoms with Crippen LogP contribution in [0.5, 0.6) is 0 Å². The second kappa shape index (κ2) is 6.05. The molecule has 5 nitrogen and oxygen atoms in total. The van der Waals surface area contributed by atoms with Crippen LogP contribution >= 0.6 is 11.3 Å². The average molecular weight is 323 g/mol. The molecule has 0 aliphatic carbocycles. The highest BCUT2D eigenvalue weighted by Gasteiger charge is 2.22. The minimum atomic E-state index is -3.86. The summed E-state index contributed by atoms with van der Waals surface area (Å²) in [5, 5.41) is 10.8. The van der Waals surface area contributed by atoms with Crippen molar-refractivity contribution >= 4 is 21.4 Å². The normalized spacial score (nSPS) is 13.1. The minimum Gasteiger partial charge on any atom is -0.225 e. The van der Waals surface area contributed by atoms with E-state index >= 15 is 0 Å². The van der Waals surface area contributed by atoms with Crippen LogP contribution in [-0.2, 0) is 16.4 Å². The smallest absolute Gasteiger partial charge is 0.225 e. The molecule has 112 valence electrons. The summed E-state index contributed by atoms with van der Waals surface area (Å²) in [6.45, 7) is 3.76. The van der Waals surface area contributed by atoms with E-state index in [1.807, 2.05) is 17.5 Å². The van der Waals surface area contributed by atoms with Crippen LogP contribution in [0, 0.1) is 5.53 Å². The molecule has 0 spiro atoms. The van der Waals surface area contributed by atoms with E-state index in [0.717, 1.165) is 17.5 Å². The maximum atomic E-state index is 11.8. The van der Waals surface area contributed by atoms with E-state index < -0.39 is 16.1 Å². The molecule has 1 aromatic carbocycles. The van der Waals surface area contributed by atoms with Gasteiger partial charge in [0.05, 0.1) is 10.9 Å². The Balaban J connectivity index is 2.74. The Hall–Kier alpha value is -1.57. The van der Waals surface area contributed by atoms with E-state index in [2.05, 4.69) is 12.0 Å². The van der Waals surface area contributed by atoms with Crippen molar-refractivity contribution in [2.75, 3.05) is 0 Å². The molecule has 3 N–H and O–H groups in total. The molecule has 0 saturated heterocycles. The molecule has 1 heterocycles. The van der Waals surface area contributed by atoms with Gasteiger partial charge in [0.25, 0.3) is 0 Å². The van der Waals surface area contributed by atoms with Gasteiger partial charge < -0.3 is 0 Å². The number of primary sulfonamides is 1. The molecular formula is C14H17N3O2S2. The molecular weight excluding hydrogens is 306 g/mol. The molecule has 2 rings (SSSR count). The third-order valence-electron chi connectivity index (χ3n) is 3.30. The molecule has 1 atom stereocenters. The molecule has 0 aliphatic heterocycles. The predicted octanol–water partition coefficient (Wildman–Crippen LogP) is 3.72. The second-order valence-electron chi connectivity index (χ2n) is 4.72. The van der Waals surface area contributed by atoms with E-state index in [-0.39, 0.29) is 4.90 Å². The molecule has 1 aromatic heterocycles. The minimum absolute atomic E-state index is 0.0350. The second-order valence-corrected chi connectivity index (χ2v) is 7.25. The third kappa shape index (κ3) is 3.20. The van der Waals surface area contributed by atoms with Gasteiger partial charge in [-0.15, -0.1) is 11.3 Å². The highest BCUT2D eigenvalue weighted by Crippen LogP contribution is 2.36. The number of sulfonamides is 1. The van der Waals surface area contributed by atoms with Crippen molar-refractivity contribution in [2.45, 2.75) is 31.2 Å². The third-order valence-corrected chi connectivity index (χ3v) is 5.35. The van der Waals surface area contributed by atoms with Gasteiger partial charge in [-0.05, 0) is 42.0 Å². The van der Waals surface area contributed by atoms with Crippen molar-refractivity contribution < 1.29 is 8.42 Å². The van der Waals surface area contributed by atoms with Gasteiger partial charge in [-0.25, -0.2) is 19.1 Å². The number of nitrogens with one attached hydrogen (secondary N) is 1. The van der Waals surface area contributed by atoms with Crippen LogP contribution in [0.1, 0.15) is 30.3 Å². The Kier molecular flexibility index (Phi) is 4.55. The lowest BCUT2D eigenvalue weighted by molar-refractivity contribution is 0.594. The quantitative estimate of drug-likeness (QED) is 0.820.